The lowest BCUT2D eigenvalue weighted by molar-refractivity contribution is 0.104. The van der Waals surface area contributed by atoms with Gasteiger partial charge in [-0.1, -0.05) is 0 Å². The third kappa shape index (κ3) is 1.72. The van der Waals surface area contributed by atoms with Gasteiger partial charge in [0, 0.05) is 18.2 Å². The first kappa shape index (κ1) is 10.8. The summed E-state index contributed by atoms with van der Waals surface area (Å²) in [6.45, 7) is 0. The summed E-state index contributed by atoms with van der Waals surface area (Å²) in [5.41, 5.74) is 1.30. The van der Waals surface area contributed by atoms with E-state index >= 15 is 0 Å². The maximum atomic E-state index is 12.1. The Bertz CT molecular complexity index is 611. The predicted molar refractivity (Wildman–Crippen MR) is 65.1 cm³/mol. The van der Waals surface area contributed by atoms with Gasteiger partial charge in [-0.15, -0.1) is 0 Å². The van der Waals surface area contributed by atoms with Gasteiger partial charge in [0.05, 0.1) is 12.7 Å². The van der Waals surface area contributed by atoms with Crippen LogP contribution >= 0.6 is 0 Å². The van der Waals surface area contributed by atoms with E-state index in [2.05, 4.69) is 4.98 Å². The van der Waals surface area contributed by atoms with E-state index in [1.807, 2.05) is 6.08 Å². The Kier molecular flexibility index (Phi) is 2.48. The van der Waals surface area contributed by atoms with Crippen molar-refractivity contribution in [2.24, 2.45) is 0 Å². The number of carbonyl (C=O) groups is 1. The van der Waals surface area contributed by atoms with E-state index in [-0.39, 0.29) is 5.78 Å². The van der Waals surface area contributed by atoms with Gasteiger partial charge in [-0.2, -0.15) is 0 Å². The largest absolute Gasteiger partial charge is 0.501 e. The zero-order valence-corrected chi connectivity index (χ0v) is 9.84. The van der Waals surface area contributed by atoms with Crippen LogP contribution in [0.15, 0.2) is 53.6 Å². The van der Waals surface area contributed by atoms with Crippen molar-refractivity contribution < 1.29 is 14.3 Å². The molecule has 2 heterocycles. The normalized spacial score (nSPS) is 17.4. The molecule has 0 bridgehead atoms. The average molecular weight is 241 g/mol. The van der Waals surface area contributed by atoms with Crippen molar-refractivity contribution in [2.45, 2.75) is 6.42 Å². The van der Waals surface area contributed by atoms with Crippen LogP contribution in [0, 0.1) is 0 Å². The van der Waals surface area contributed by atoms with Crippen molar-refractivity contribution in [1.29, 1.82) is 0 Å². The molecule has 1 aliphatic carbocycles. The second kappa shape index (κ2) is 4.14. The molecule has 18 heavy (non-hydrogen) atoms. The van der Waals surface area contributed by atoms with Crippen LogP contribution in [0.3, 0.4) is 0 Å². The summed E-state index contributed by atoms with van der Waals surface area (Å²) in [5, 5.41) is 0. The number of hydrogen-bond donors (Lipinski definition) is 0. The summed E-state index contributed by atoms with van der Waals surface area (Å²) in [5.74, 6) is 1.73. The topological polar surface area (TPSA) is 48.4 Å². The molecule has 1 aromatic rings. The van der Waals surface area contributed by atoms with Crippen LogP contribution in [0.4, 0.5) is 0 Å². The number of pyridine rings is 1. The lowest BCUT2D eigenvalue weighted by Crippen LogP contribution is -2.05. The molecule has 1 aromatic heterocycles. The highest BCUT2D eigenvalue weighted by Gasteiger charge is 2.23. The molecule has 0 N–H and O–H groups in total. The highest BCUT2D eigenvalue weighted by molar-refractivity contribution is 6.07. The summed E-state index contributed by atoms with van der Waals surface area (Å²) in [7, 11) is 1.61. The van der Waals surface area contributed by atoms with Crippen molar-refractivity contribution in [3.05, 3.63) is 59.2 Å². The maximum Gasteiger partial charge on any atom is 0.230 e. The van der Waals surface area contributed by atoms with Crippen LogP contribution in [0.2, 0.25) is 0 Å². The minimum Gasteiger partial charge on any atom is -0.501 e. The number of fused-ring (bicyclic) bond motifs is 2. The highest BCUT2D eigenvalue weighted by Crippen LogP contribution is 2.31. The van der Waals surface area contributed by atoms with Crippen LogP contribution in [-0.4, -0.2) is 17.9 Å². The molecule has 0 fully saturated rings. The smallest absolute Gasteiger partial charge is 0.230 e. The van der Waals surface area contributed by atoms with Gasteiger partial charge in [-0.05, 0) is 30.4 Å². The quantitative estimate of drug-likeness (QED) is 0.757. The van der Waals surface area contributed by atoms with Crippen molar-refractivity contribution in [2.75, 3.05) is 7.11 Å². The van der Waals surface area contributed by atoms with Gasteiger partial charge in [0.15, 0.2) is 5.78 Å². The van der Waals surface area contributed by atoms with E-state index in [1.54, 1.807) is 37.6 Å². The molecule has 4 heteroatoms. The Morgan fingerprint density at radius 1 is 1.39 bits per heavy atom. The number of allylic oxidation sites excluding steroid dienone is 5. The van der Waals surface area contributed by atoms with Gasteiger partial charge in [-0.3, -0.25) is 4.79 Å². The van der Waals surface area contributed by atoms with E-state index in [0.29, 0.717) is 23.6 Å². The third-order valence-electron chi connectivity index (χ3n) is 2.91. The minimum absolute atomic E-state index is 0.0890. The fourth-order valence-electron chi connectivity index (χ4n) is 1.97. The fraction of sp³-hybridized carbons (Fsp3) is 0.143. The summed E-state index contributed by atoms with van der Waals surface area (Å²) < 4.78 is 10.9. The zero-order chi connectivity index (χ0) is 12.5. The van der Waals surface area contributed by atoms with Gasteiger partial charge < -0.3 is 9.47 Å². The van der Waals surface area contributed by atoms with E-state index in [1.165, 1.54) is 0 Å². The molecular weight excluding hydrogens is 230 g/mol. The zero-order valence-electron chi connectivity index (χ0n) is 9.84. The first-order chi connectivity index (χ1) is 8.78. The lowest BCUT2D eigenvalue weighted by Gasteiger charge is -2.15. The van der Waals surface area contributed by atoms with Gasteiger partial charge in [0.1, 0.15) is 11.5 Å². The Morgan fingerprint density at radius 3 is 3.11 bits per heavy atom. The molecule has 0 amide bonds. The standard InChI is InChI=1S/C14H11NO3/c1-17-10-4-5-13-9(7-10)8-12(16)11-3-2-6-15-14(11)18-13/h2-6,8H,7H2,1H3. The van der Waals surface area contributed by atoms with Crippen LogP contribution in [0.1, 0.15) is 16.8 Å². The third-order valence-corrected chi connectivity index (χ3v) is 2.91. The predicted octanol–water partition coefficient (Wildman–Crippen LogP) is 2.40. The Morgan fingerprint density at radius 2 is 2.28 bits per heavy atom. The van der Waals surface area contributed by atoms with E-state index in [9.17, 15) is 4.79 Å². The van der Waals surface area contributed by atoms with Crippen LogP contribution in [-0.2, 0) is 4.74 Å². The molecule has 0 saturated carbocycles. The summed E-state index contributed by atoms with van der Waals surface area (Å²) in [4.78, 5) is 16.2. The molecule has 0 atom stereocenters. The van der Waals surface area contributed by atoms with Gasteiger partial charge in [0.2, 0.25) is 5.88 Å². The van der Waals surface area contributed by atoms with Crippen LogP contribution in [0.25, 0.3) is 0 Å². The highest BCUT2D eigenvalue weighted by atomic mass is 16.5. The second-order valence-corrected chi connectivity index (χ2v) is 4.04. The Balaban J connectivity index is 2.08. The molecule has 1 aliphatic heterocycles. The van der Waals surface area contributed by atoms with Crippen molar-refractivity contribution in [3.8, 4) is 5.88 Å². The number of methoxy groups -OCH3 is 1. The monoisotopic (exact) mass is 241 g/mol. The van der Waals surface area contributed by atoms with Gasteiger partial charge >= 0.3 is 0 Å². The number of carbonyl (C=O) groups excluding carboxylic acids is 1. The number of nitrogens with zero attached hydrogens (tertiary/aromatic N) is 1. The number of ether oxygens (including phenoxy) is 2. The van der Waals surface area contributed by atoms with Gasteiger partial charge in [0.25, 0.3) is 0 Å². The van der Waals surface area contributed by atoms with Crippen molar-refractivity contribution >= 4 is 5.78 Å². The molecule has 2 aliphatic rings. The van der Waals surface area contributed by atoms with E-state index < -0.39 is 0 Å². The van der Waals surface area contributed by atoms with Crippen LogP contribution in [0.5, 0.6) is 5.88 Å². The molecule has 0 radical (unpaired) electrons. The van der Waals surface area contributed by atoms with Crippen molar-refractivity contribution in [3.63, 3.8) is 0 Å². The minimum atomic E-state index is -0.0890. The summed E-state index contributed by atoms with van der Waals surface area (Å²) >= 11 is 0. The summed E-state index contributed by atoms with van der Waals surface area (Å²) in [6, 6.07) is 3.44. The molecule has 90 valence electrons. The van der Waals surface area contributed by atoms with Crippen molar-refractivity contribution in [1.82, 2.24) is 4.98 Å². The van der Waals surface area contributed by atoms with Crippen LogP contribution < -0.4 is 4.74 Å². The SMILES string of the molecule is COC1=CC=C2Oc3ncccc3C(=O)C=C2C1. The molecule has 0 aromatic carbocycles. The molecular formula is C14H11NO3. The van der Waals surface area contributed by atoms with E-state index in [4.69, 9.17) is 9.47 Å². The summed E-state index contributed by atoms with van der Waals surface area (Å²) in [6.07, 6.45) is 7.39. The van der Waals surface area contributed by atoms with Gasteiger partial charge in [-0.25, -0.2) is 4.98 Å². The first-order valence-corrected chi connectivity index (χ1v) is 5.61. The van der Waals surface area contributed by atoms with E-state index in [0.717, 1.165) is 11.3 Å². The number of aromatic nitrogens is 1. The fourth-order valence-corrected chi connectivity index (χ4v) is 1.97. The molecule has 3 rings (SSSR count). The Hall–Kier alpha value is -2.36. The number of rotatable bonds is 1. The average Bonchev–Trinajstić information content (AvgIpc) is 2.54. The lowest BCUT2D eigenvalue weighted by atomic mass is 10.0. The molecule has 0 unspecified atom stereocenters. The maximum absolute atomic E-state index is 12.1. The number of hydrogen-bond acceptors (Lipinski definition) is 4. The number of ketones is 1. The molecule has 0 spiro atoms. The first-order valence-electron chi connectivity index (χ1n) is 5.61. The molecule has 0 saturated heterocycles. The Labute approximate surface area is 104 Å². The molecule has 4 nitrogen and oxygen atoms in total. The second-order valence-electron chi connectivity index (χ2n) is 4.04.